The smallest absolute Gasteiger partial charge is 0.154 e. The SMILES string of the molecule is Oc1ccc2c(c1)CCc1nc(NC(O)Cc3ccc4ccccc4c3)c(/C=C/c3ccccc3)nc1-2. The van der Waals surface area contributed by atoms with E-state index in [1.54, 1.807) is 12.1 Å². The number of benzene rings is 4. The Labute approximate surface area is 215 Å². The van der Waals surface area contributed by atoms with E-state index in [-0.39, 0.29) is 5.75 Å². The summed E-state index contributed by atoms with van der Waals surface area (Å²) in [5, 5.41) is 26.5. The van der Waals surface area contributed by atoms with Gasteiger partial charge in [0, 0.05) is 12.0 Å². The average Bonchev–Trinajstić information content (AvgIpc) is 2.92. The van der Waals surface area contributed by atoms with E-state index in [9.17, 15) is 10.2 Å². The Bertz CT molecular complexity index is 1610. The van der Waals surface area contributed by atoms with Crippen molar-refractivity contribution in [3.8, 4) is 17.0 Å². The number of hydrogen-bond acceptors (Lipinski definition) is 5. The number of rotatable bonds is 6. The normalized spacial score (nSPS) is 13.3. The zero-order chi connectivity index (χ0) is 25.2. The highest BCUT2D eigenvalue weighted by Crippen LogP contribution is 2.35. The van der Waals surface area contributed by atoms with Gasteiger partial charge in [-0.2, -0.15) is 0 Å². The molecule has 5 nitrogen and oxygen atoms in total. The topological polar surface area (TPSA) is 78.3 Å². The molecule has 1 aromatic heterocycles. The number of aliphatic hydroxyl groups is 1. The first-order valence-electron chi connectivity index (χ1n) is 12.5. The first kappa shape index (κ1) is 23.0. The van der Waals surface area contributed by atoms with Crippen LogP contribution in [0.5, 0.6) is 5.75 Å². The molecule has 0 saturated carbocycles. The van der Waals surface area contributed by atoms with Crippen molar-refractivity contribution in [3.63, 3.8) is 0 Å². The number of aliphatic hydroxyl groups excluding tert-OH is 1. The molecule has 0 bridgehead atoms. The number of phenolic OH excluding ortho intramolecular Hbond substituents is 1. The van der Waals surface area contributed by atoms with Crippen LogP contribution in [0.25, 0.3) is 34.2 Å². The van der Waals surface area contributed by atoms with Crippen LogP contribution in [0, 0.1) is 0 Å². The number of fused-ring (bicyclic) bond motifs is 4. The van der Waals surface area contributed by atoms with Gasteiger partial charge in [-0.3, -0.25) is 0 Å². The van der Waals surface area contributed by atoms with Crippen molar-refractivity contribution in [1.29, 1.82) is 0 Å². The van der Waals surface area contributed by atoms with Crippen LogP contribution in [-0.2, 0) is 19.3 Å². The number of hydrogen-bond donors (Lipinski definition) is 3. The highest BCUT2D eigenvalue weighted by Gasteiger charge is 2.22. The van der Waals surface area contributed by atoms with Crippen molar-refractivity contribution < 1.29 is 10.2 Å². The number of phenols is 1. The van der Waals surface area contributed by atoms with Gasteiger partial charge in [-0.1, -0.05) is 78.9 Å². The summed E-state index contributed by atoms with van der Waals surface area (Å²) in [7, 11) is 0. The Morgan fingerprint density at radius 1 is 0.811 bits per heavy atom. The van der Waals surface area contributed by atoms with Crippen LogP contribution < -0.4 is 5.32 Å². The van der Waals surface area contributed by atoms with Gasteiger partial charge in [0.25, 0.3) is 0 Å². The van der Waals surface area contributed by atoms with Gasteiger partial charge in [-0.15, -0.1) is 0 Å². The molecule has 0 saturated heterocycles. The molecule has 0 fully saturated rings. The maximum Gasteiger partial charge on any atom is 0.154 e. The van der Waals surface area contributed by atoms with Crippen molar-refractivity contribution in [3.05, 3.63) is 119 Å². The molecule has 0 amide bonds. The zero-order valence-electron chi connectivity index (χ0n) is 20.3. The van der Waals surface area contributed by atoms with Gasteiger partial charge in [-0.05, 0) is 64.6 Å². The van der Waals surface area contributed by atoms with Crippen LogP contribution in [0.2, 0.25) is 0 Å². The number of aromatic nitrogens is 2. The van der Waals surface area contributed by atoms with Crippen LogP contribution in [0.3, 0.4) is 0 Å². The maximum atomic E-state index is 11.0. The van der Waals surface area contributed by atoms with Crippen molar-refractivity contribution in [2.45, 2.75) is 25.5 Å². The second kappa shape index (κ2) is 9.88. The van der Waals surface area contributed by atoms with Crippen molar-refractivity contribution in [2.24, 2.45) is 0 Å². The lowest BCUT2D eigenvalue weighted by molar-refractivity contribution is 0.203. The molecule has 1 aliphatic carbocycles. The third-order valence-corrected chi connectivity index (χ3v) is 6.75. The molecule has 3 N–H and O–H groups in total. The maximum absolute atomic E-state index is 11.0. The number of anilines is 1. The Hall–Kier alpha value is -4.48. The predicted molar refractivity (Wildman–Crippen MR) is 149 cm³/mol. The zero-order valence-corrected chi connectivity index (χ0v) is 20.3. The van der Waals surface area contributed by atoms with Gasteiger partial charge in [0.1, 0.15) is 17.7 Å². The molecule has 5 aromatic rings. The van der Waals surface area contributed by atoms with Crippen LogP contribution >= 0.6 is 0 Å². The third kappa shape index (κ3) is 4.95. The first-order valence-corrected chi connectivity index (χ1v) is 12.5. The standard InChI is InChI=1S/C32H27N3O2/c36-26-14-15-27-25(20-26)13-17-28-31(27)33-29(16-11-21-6-2-1-3-7-21)32(34-28)35-30(37)19-22-10-12-23-8-4-5-9-24(23)18-22/h1-12,14-16,18,20,30,36-37H,13,17,19H2,(H,34,35)/b16-11+. The fourth-order valence-electron chi connectivity index (χ4n) is 4.90. The Kier molecular flexibility index (Phi) is 6.13. The van der Waals surface area contributed by atoms with Crippen LogP contribution in [0.15, 0.2) is 91.0 Å². The summed E-state index contributed by atoms with van der Waals surface area (Å²) in [5.41, 5.74) is 6.51. The van der Waals surface area contributed by atoms with E-state index >= 15 is 0 Å². The number of nitrogens with zero attached hydrogens (tertiary/aromatic N) is 2. The van der Waals surface area contributed by atoms with Gasteiger partial charge in [0.2, 0.25) is 0 Å². The largest absolute Gasteiger partial charge is 0.508 e. The molecule has 1 aliphatic rings. The van der Waals surface area contributed by atoms with E-state index < -0.39 is 6.23 Å². The molecule has 0 aliphatic heterocycles. The molecule has 1 heterocycles. The van der Waals surface area contributed by atoms with E-state index in [4.69, 9.17) is 9.97 Å². The van der Waals surface area contributed by atoms with Gasteiger partial charge in [0.15, 0.2) is 5.82 Å². The molecular formula is C32H27N3O2. The minimum atomic E-state index is -0.829. The van der Waals surface area contributed by atoms with Gasteiger partial charge in [0.05, 0.1) is 11.4 Å². The lowest BCUT2D eigenvalue weighted by atomic mass is 9.91. The molecule has 0 radical (unpaired) electrons. The summed E-state index contributed by atoms with van der Waals surface area (Å²) in [5.74, 6) is 0.816. The Morgan fingerprint density at radius 3 is 2.49 bits per heavy atom. The summed E-state index contributed by atoms with van der Waals surface area (Å²) in [6.45, 7) is 0. The monoisotopic (exact) mass is 485 g/mol. The second-order valence-electron chi connectivity index (χ2n) is 9.38. The molecule has 37 heavy (non-hydrogen) atoms. The van der Waals surface area contributed by atoms with E-state index in [0.717, 1.165) is 51.9 Å². The number of aromatic hydroxyl groups is 1. The lowest BCUT2D eigenvalue weighted by Crippen LogP contribution is -2.24. The molecule has 0 spiro atoms. The summed E-state index contributed by atoms with van der Waals surface area (Å²) < 4.78 is 0. The second-order valence-corrected chi connectivity index (χ2v) is 9.38. The van der Waals surface area contributed by atoms with Gasteiger partial charge in [-0.25, -0.2) is 9.97 Å². The van der Waals surface area contributed by atoms with Gasteiger partial charge < -0.3 is 15.5 Å². The fourth-order valence-corrected chi connectivity index (χ4v) is 4.90. The first-order chi connectivity index (χ1) is 18.1. The highest BCUT2D eigenvalue weighted by molar-refractivity contribution is 5.83. The molecule has 6 rings (SSSR count). The van der Waals surface area contributed by atoms with Crippen LogP contribution in [-0.4, -0.2) is 26.4 Å². The minimum absolute atomic E-state index is 0.259. The summed E-state index contributed by atoms with van der Waals surface area (Å²) in [6.07, 6.45) is 5.04. The Balaban J connectivity index is 1.33. The Morgan fingerprint density at radius 2 is 1.62 bits per heavy atom. The van der Waals surface area contributed by atoms with E-state index in [2.05, 4.69) is 29.6 Å². The fraction of sp³-hybridized carbons (Fsp3) is 0.125. The van der Waals surface area contributed by atoms with E-state index in [1.807, 2.05) is 66.7 Å². The van der Waals surface area contributed by atoms with Crippen molar-refractivity contribution >= 4 is 28.7 Å². The molecular weight excluding hydrogens is 458 g/mol. The number of nitrogens with one attached hydrogen (secondary N) is 1. The minimum Gasteiger partial charge on any atom is -0.508 e. The van der Waals surface area contributed by atoms with Gasteiger partial charge >= 0.3 is 0 Å². The van der Waals surface area contributed by atoms with Crippen LogP contribution in [0.1, 0.15) is 28.1 Å². The highest BCUT2D eigenvalue weighted by atomic mass is 16.3. The van der Waals surface area contributed by atoms with Crippen LogP contribution in [0.4, 0.5) is 5.82 Å². The quantitative estimate of drug-likeness (QED) is 0.248. The molecule has 4 aromatic carbocycles. The van der Waals surface area contributed by atoms with E-state index in [0.29, 0.717) is 17.9 Å². The summed E-state index contributed by atoms with van der Waals surface area (Å²) in [4.78, 5) is 9.93. The average molecular weight is 486 g/mol. The van der Waals surface area contributed by atoms with E-state index in [1.165, 1.54) is 5.39 Å². The number of aryl methyl sites for hydroxylation is 2. The molecule has 5 heteroatoms. The van der Waals surface area contributed by atoms with Crippen molar-refractivity contribution in [1.82, 2.24) is 9.97 Å². The summed E-state index contributed by atoms with van der Waals surface area (Å²) >= 11 is 0. The third-order valence-electron chi connectivity index (χ3n) is 6.75. The lowest BCUT2D eigenvalue weighted by Gasteiger charge is -2.22. The predicted octanol–water partition coefficient (Wildman–Crippen LogP) is 6.24. The molecule has 1 unspecified atom stereocenters. The summed E-state index contributed by atoms with van der Waals surface area (Å²) in [6, 6.07) is 29.9. The molecule has 1 atom stereocenters. The molecule has 182 valence electrons. The van der Waals surface area contributed by atoms with Crippen molar-refractivity contribution in [2.75, 3.05) is 5.32 Å².